The molecule has 160 valence electrons. The fourth-order valence-electron chi connectivity index (χ4n) is 5.00. The highest BCUT2D eigenvalue weighted by molar-refractivity contribution is 5.93. The average molecular weight is 420 g/mol. The van der Waals surface area contributed by atoms with Crippen LogP contribution in [-0.4, -0.2) is 35.1 Å². The van der Waals surface area contributed by atoms with E-state index in [2.05, 4.69) is 20.9 Å². The summed E-state index contributed by atoms with van der Waals surface area (Å²) in [5, 5.41) is 8.94. The minimum atomic E-state index is -0.102. The molecule has 0 spiro atoms. The van der Waals surface area contributed by atoms with Crippen LogP contribution >= 0.6 is 0 Å². The van der Waals surface area contributed by atoms with Gasteiger partial charge in [0.2, 0.25) is 5.91 Å². The van der Waals surface area contributed by atoms with Crippen molar-refractivity contribution in [1.82, 2.24) is 15.6 Å². The number of nitrogens with one attached hydrogen (secondary N) is 3. The van der Waals surface area contributed by atoms with Crippen LogP contribution in [0.4, 0.5) is 10.6 Å². The third kappa shape index (κ3) is 3.36. The second kappa shape index (κ2) is 7.14. The Morgan fingerprint density at radius 2 is 2.03 bits per heavy atom. The van der Waals surface area contributed by atoms with Crippen molar-refractivity contribution in [3.8, 4) is 17.2 Å². The van der Waals surface area contributed by atoms with Crippen molar-refractivity contribution in [3.05, 3.63) is 41.6 Å². The lowest BCUT2D eigenvalue weighted by Gasteiger charge is -2.19. The van der Waals surface area contributed by atoms with Crippen molar-refractivity contribution in [2.75, 3.05) is 5.32 Å². The van der Waals surface area contributed by atoms with Gasteiger partial charge in [-0.2, -0.15) is 0 Å². The first kappa shape index (κ1) is 18.5. The second-order valence-electron chi connectivity index (χ2n) is 8.72. The number of amides is 3. The summed E-state index contributed by atoms with van der Waals surface area (Å²) >= 11 is 0. The number of anilines is 1. The number of rotatable bonds is 4. The highest BCUT2D eigenvalue weighted by Gasteiger charge is 2.59. The van der Waals surface area contributed by atoms with Crippen LogP contribution in [0.2, 0.25) is 0 Å². The maximum Gasteiger partial charge on any atom is 0.315 e. The van der Waals surface area contributed by atoms with E-state index in [1.54, 1.807) is 6.20 Å². The van der Waals surface area contributed by atoms with E-state index in [4.69, 9.17) is 9.47 Å². The first-order chi connectivity index (χ1) is 15.2. The zero-order chi connectivity index (χ0) is 20.9. The molecule has 8 heteroatoms. The third-order valence-corrected chi connectivity index (χ3v) is 6.65. The van der Waals surface area contributed by atoms with E-state index in [-0.39, 0.29) is 30.0 Å². The molecule has 1 aromatic carbocycles. The van der Waals surface area contributed by atoms with Crippen LogP contribution < -0.4 is 25.4 Å². The van der Waals surface area contributed by atoms with Crippen LogP contribution in [0, 0.1) is 0 Å². The Kier molecular flexibility index (Phi) is 4.26. The van der Waals surface area contributed by atoms with E-state index in [0.717, 1.165) is 29.7 Å². The Balaban J connectivity index is 1.15. The maximum absolute atomic E-state index is 12.3. The predicted molar refractivity (Wildman–Crippen MR) is 113 cm³/mol. The largest absolute Gasteiger partial charge is 0.487 e. The lowest BCUT2D eigenvalue weighted by atomic mass is 10.1. The SMILES string of the molecule is O=C1CCc2c(Oc3ccc4c(c3)C3C(NC(=O)NC5CCCC5)C3O4)ccnc2N1. The minimum absolute atomic E-state index is 0.00643. The van der Waals surface area contributed by atoms with Gasteiger partial charge < -0.3 is 25.4 Å². The molecule has 0 radical (unpaired) electrons. The van der Waals surface area contributed by atoms with Crippen LogP contribution in [0.5, 0.6) is 17.2 Å². The van der Waals surface area contributed by atoms with Crippen LogP contribution in [-0.2, 0) is 11.2 Å². The highest BCUT2D eigenvalue weighted by atomic mass is 16.5. The fourth-order valence-corrected chi connectivity index (χ4v) is 5.00. The van der Waals surface area contributed by atoms with Gasteiger partial charge in [0.25, 0.3) is 0 Å². The summed E-state index contributed by atoms with van der Waals surface area (Å²) in [7, 11) is 0. The van der Waals surface area contributed by atoms with Crippen LogP contribution in [0.1, 0.15) is 49.1 Å². The minimum Gasteiger partial charge on any atom is -0.487 e. The molecule has 31 heavy (non-hydrogen) atoms. The molecular weight excluding hydrogens is 396 g/mol. The summed E-state index contributed by atoms with van der Waals surface area (Å²) in [5.41, 5.74) is 1.97. The number of hydrogen-bond acceptors (Lipinski definition) is 5. The zero-order valence-corrected chi connectivity index (χ0v) is 17.0. The summed E-state index contributed by atoms with van der Waals surface area (Å²) in [5.74, 6) is 2.94. The van der Waals surface area contributed by atoms with Gasteiger partial charge in [-0.1, -0.05) is 12.8 Å². The number of carbonyl (C=O) groups excluding carboxylic acids is 2. The summed E-state index contributed by atoms with van der Waals surface area (Å²) in [4.78, 5) is 28.2. The molecule has 3 amide bonds. The molecule has 2 aliphatic carbocycles. The number of fused-ring (bicyclic) bond motifs is 4. The molecule has 3 unspecified atom stereocenters. The molecule has 2 saturated carbocycles. The van der Waals surface area contributed by atoms with Gasteiger partial charge in [-0.3, -0.25) is 4.79 Å². The Bertz CT molecular complexity index is 1070. The topological polar surface area (TPSA) is 102 Å². The number of ether oxygens (including phenoxy) is 2. The van der Waals surface area contributed by atoms with Gasteiger partial charge in [-0.15, -0.1) is 0 Å². The number of aromatic nitrogens is 1. The summed E-state index contributed by atoms with van der Waals surface area (Å²) < 4.78 is 12.2. The van der Waals surface area contributed by atoms with E-state index in [9.17, 15) is 9.59 Å². The Hall–Kier alpha value is -3.29. The molecule has 2 aromatic rings. The van der Waals surface area contributed by atoms with Crippen LogP contribution in [0.25, 0.3) is 0 Å². The van der Waals surface area contributed by atoms with Gasteiger partial charge in [-0.25, -0.2) is 9.78 Å². The van der Waals surface area contributed by atoms with Crippen molar-refractivity contribution in [3.63, 3.8) is 0 Å². The lowest BCUT2D eigenvalue weighted by molar-refractivity contribution is -0.116. The highest BCUT2D eigenvalue weighted by Crippen LogP contribution is 2.54. The van der Waals surface area contributed by atoms with E-state index >= 15 is 0 Å². The molecule has 1 aromatic heterocycles. The average Bonchev–Trinajstić information content (AvgIpc) is 3.09. The lowest BCUT2D eigenvalue weighted by Crippen LogP contribution is -2.43. The monoisotopic (exact) mass is 420 g/mol. The van der Waals surface area contributed by atoms with Crippen LogP contribution in [0.3, 0.4) is 0 Å². The van der Waals surface area contributed by atoms with E-state index in [1.807, 2.05) is 24.3 Å². The van der Waals surface area contributed by atoms with Crippen molar-refractivity contribution >= 4 is 17.8 Å². The Morgan fingerprint density at radius 3 is 2.90 bits per heavy atom. The molecule has 8 nitrogen and oxygen atoms in total. The standard InChI is InChI=1S/C23H24N4O4/c28-18-8-6-14-17(9-10-24-22(14)26-18)30-13-5-7-16-15(11-13)19-20(21(19)31-16)27-23(29)25-12-3-1-2-4-12/h5,7,9-12,19-21H,1-4,6,8H2,(H,24,26,28)(H2,25,27,29). The molecule has 3 heterocycles. The van der Waals surface area contributed by atoms with Gasteiger partial charge in [0.15, 0.2) is 0 Å². The smallest absolute Gasteiger partial charge is 0.315 e. The number of pyridine rings is 1. The molecular formula is C23H24N4O4. The molecule has 3 N–H and O–H groups in total. The molecule has 0 saturated heterocycles. The Morgan fingerprint density at radius 1 is 1.16 bits per heavy atom. The predicted octanol–water partition coefficient (Wildman–Crippen LogP) is 3.23. The molecule has 2 aliphatic heterocycles. The first-order valence-electron chi connectivity index (χ1n) is 11.0. The molecule has 3 atom stereocenters. The van der Waals surface area contributed by atoms with Crippen molar-refractivity contribution in [1.29, 1.82) is 0 Å². The maximum atomic E-state index is 12.3. The van der Waals surface area contributed by atoms with Crippen LogP contribution in [0.15, 0.2) is 30.5 Å². The molecule has 2 fully saturated rings. The number of benzene rings is 1. The zero-order valence-electron chi connectivity index (χ0n) is 17.0. The number of nitrogens with zero attached hydrogens (tertiary/aromatic N) is 1. The van der Waals surface area contributed by atoms with Gasteiger partial charge in [0.1, 0.15) is 29.2 Å². The molecule has 4 aliphatic rings. The van der Waals surface area contributed by atoms with Gasteiger partial charge >= 0.3 is 6.03 Å². The third-order valence-electron chi connectivity index (χ3n) is 6.65. The van der Waals surface area contributed by atoms with Gasteiger partial charge in [0.05, 0.1) is 12.0 Å². The normalized spacial score (nSPS) is 25.5. The number of hydrogen-bond donors (Lipinski definition) is 3. The van der Waals surface area contributed by atoms with E-state index in [0.29, 0.717) is 36.2 Å². The summed E-state index contributed by atoms with van der Waals surface area (Å²) in [6, 6.07) is 7.79. The van der Waals surface area contributed by atoms with Crippen molar-refractivity contribution < 1.29 is 19.1 Å². The number of urea groups is 1. The quantitative estimate of drug-likeness (QED) is 0.705. The van der Waals surface area contributed by atoms with Crippen molar-refractivity contribution in [2.24, 2.45) is 0 Å². The first-order valence-corrected chi connectivity index (χ1v) is 11.0. The second-order valence-corrected chi connectivity index (χ2v) is 8.72. The van der Waals surface area contributed by atoms with E-state index < -0.39 is 0 Å². The van der Waals surface area contributed by atoms with E-state index in [1.165, 1.54) is 12.8 Å². The summed E-state index contributed by atoms with van der Waals surface area (Å²) in [6.45, 7) is 0. The summed E-state index contributed by atoms with van der Waals surface area (Å²) in [6.07, 6.45) is 7.15. The Labute approximate surface area is 179 Å². The fraction of sp³-hybridized carbons (Fsp3) is 0.435. The molecule has 0 bridgehead atoms. The van der Waals surface area contributed by atoms with Crippen molar-refractivity contribution in [2.45, 2.75) is 62.6 Å². The molecule has 6 rings (SSSR count). The van der Waals surface area contributed by atoms with Gasteiger partial charge in [-0.05, 0) is 43.5 Å². The van der Waals surface area contributed by atoms with Gasteiger partial charge in [0, 0.05) is 29.8 Å². The number of carbonyl (C=O) groups is 2.